The van der Waals surface area contributed by atoms with Crippen molar-refractivity contribution < 1.29 is 19.4 Å². The van der Waals surface area contributed by atoms with Crippen LogP contribution in [0.3, 0.4) is 0 Å². The van der Waals surface area contributed by atoms with Gasteiger partial charge in [0.2, 0.25) is 5.91 Å². The van der Waals surface area contributed by atoms with Crippen molar-refractivity contribution in [3.05, 3.63) is 0 Å². The Bertz CT molecular complexity index is 186. The van der Waals surface area contributed by atoms with Gasteiger partial charge in [-0.05, 0) is 6.42 Å². The van der Waals surface area contributed by atoms with E-state index in [1.165, 1.54) is 0 Å². The Morgan fingerprint density at radius 3 is 3.07 bits per heavy atom. The molecule has 1 amide bonds. The highest BCUT2D eigenvalue weighted by atomic mass is 16.7. The molecule has 1 fully saturated rings. The summed E-state index contributed by atoms with van der Waals surface area (Å²) in [6.45, 7) is 1.21. The first-order valence-corrected chi connectivity index (χ1v) is 4.77. The highest BCUT2D eigenvalue weighted by molar-refractivity contribution is 5.77. The molecule has 1 aliphatic rings. The minimum Gasteiger partial charge on any atom is -0.395 e. The average molecular weight is 203 g/mol. The Hall–Kier alpha value is -0.650. The normalized spacial score (nSPS) is 22.9. The maximum Gasteiger partial charge on any atom is 0.222 e. The van der Waals surface area contributed by atoms with Crippen molar-refractivity contribution >= 4 is 5.91 Å². The van der Waals surface area contributed by atoms with Crippen molar-refractivity contribution in [1.82, 2.24) is 4.90 Å². The first kappa shape index (κ1) is 11.4. The van der Waals surface area contributed by atoms with Crippen molar-refractivity contribution in [1.29, 1.82) is 0 Å². The first-order valence-electron chi connectivity index (χ1n) is 4.77. The van der Waals surface area contributed by atoms with E-state index in [-0.39, 0.29) is 25.4 Å². The zero-order valence-electron chi connectivity index (χ0n) is 8.44. The molecule has 1 unspecified atom stereocenters. The van der Waals surface area contributed by atoms with E-state index < -0.39 is 0 Å². The van der Waals surface area contributed by atoms with Gasteiger partial charge in [-0.3, -0.25) is 4.79 Å². The number of carbonyl (C=O) groups excluding carboxylic acids is 1. The molecule has 0 radical (unpaired) electrons. The summed E-state index contributed by atoms with van der Waals surface area (Å²) in [4.78, 5) is 13.0. The molecule has 1 rings (SSSR count). The van der Waals surface area contributed by atoms with E-state index in [2.05, 4.69) is 0 Å². The second kappa shape index (κ2) is 5.95. The number of nitrogens with zero attached hydrogens (tertiary/aromatic N) is 1. The summed E-state index contributed by atoms with van der Waals surface area (Å²) in [6, 6.07) is 0. The molecule has 82 valence electrons. The van der Waals surface area contributed by atoms with Crippen molar-refractivity contribution in [3.8, 4) is 0 Å². The maximum absolute atomic E-state index is 11.3. The molecule has 0 saturated carbocycles. The van der Waals surface area contributed by atoms with Gasteiger partial charge in [0.1, 0.15) is 6.79 Å². The number of methoxy groups -OCH3 is 1. The quantitative estimate of drug-likeness (QED) is 0.617. The second-order valence-electron chi connectivity index (χ2n) is 3.30. The van der Waals surface area contributed by atoms with Gasteiger partial charge in [0.25, 0.3) is 0 Å². The highest BCUT2D eigenvalue weighted by Crippen LogP contribution is 2.13. The number of hydrogen-bond donors (Lipinski definition) is 1. The van der Waals surface area contributed by atoms with Crippen LogP contribution in [-0.2, 0) is 14.3 Å². The molecule has 1 heterocycles. The molecule has 5 nitrogen and oxygen atoms in total. The number of aliphatic hydroxyl groups is 1. The fourth-order valence-electron chi connectivity index (χ4n) is 1.52. The van der Waals surface area contributed by atoms with Crippen molar-refractivity contribution in [3.63, 3.8) is 0 Å². The number of ether oxygens (including phenoxy) is 2. The maximum atomic E-state index is 11.3. The van der Waals surface area contributed by atoms with Crippen LogP contribution < -0.4 is 0 Å². The molecule has 0 bridgehead atoms. The van der Waals surface area contributed by atoms with Gasteiger partial charge in [-0.1, -0.05) is 0 Å². The zero-order chi connectivity index (χ0) is 10.4. The first-order chi connectivity index (χ1) is 6.77. The van der Waals surface area contributed by atoms with Gasteiger partial charge in [-0.15, -0.1) is 0 Å². The lowest BCUT2D eigenvalue weighted by molar-refractivity contribution is -0.144. The summed E-state index contributed by atoms with van der Waals surface area (Å²) in [5.41, 5.74) is 0. The number of hydrogen-bond acceptors (Lipinski definition) is 4. The van der Waals surface area contributed by atoms with Gasteiger partial charge >= 0.3 is 0 Å². The van der Waals surface area contributed by atoms with Crippen LogP contribution in [0.2, 0.25) is 0 Å². The standard InChI is InChI=1S/C9H17NO4/c1-13-7-14-8-2-3-9(12)10(6-8)4-5-11/h8,11H,2-7H2,1H3. The third-order valence-electron chi connectivity index (χ3n) is 2.25. The molecule has 1 saturated heterocycles. The van der Waals surface area contributed by atoms with E-state index >= 15 is 0 Å². The average Bonchev–Trinajstić information content (AvgIpc) is 2.19. The minimum absolute atomic E-state index is 0.00272. The summed E-state index contributed by atoms with van der Waals surface area (Å²) >= 11 is 0. The molecule has 14 heavy (non-hydrogen) atoms. The Balaban J connectivity index is 2.32. The predicted molar refractivity (Wildman–Crippen MR) is 49.6 cm³/mol. The van der Waals surface area contributed by atoms with Crippen LogP contribution >= 0.6 is 0 Å². The molecule has 0 aromatic rings. The summed E-state index contributed by atoms with van der Waals surface area (Å²) in [5.74, 6) is 0.0938. The lowest BCUT2D eigenvalue weighted by Crippen LogP contribution is -2.44. The van der Waals surface area contributed by atoms with Crippen LogP contribution in [0.15, 0.2) is 0 Å². The van der Waals surface area contributed by atoms with Gasteiger partial charge in [-0.25, -0.2) is 0 Å². The molecular formula is C9H17NO4. The van der Waals surface area contributed by atoms with E-state index in [0.717, 1.165) is 6.42 Å². The van der Waals surface area contributed by atoms with Crippen LogP contribution in [0, 0.1) is 0 Å². The topological polar surface area (TPSA) is 59.0 Å². The van der Waals surface area contributed by atoms with Gasteiger partial charge in [0.05, 0.1) is 12.7 Å². The Morgan fingerprint density at radius 2 is 2.43 bits per heavy atom. The number of carbonyl (C=O) groups is 1. The van der Waals surface area contributed by atoms with Gasteiger partial charge in [0.15, 0.2) is 0 Å². The number of β-amino-alcohol motifs (C(OH)–C–C–N with tert-alkyl or cyclic N) is 1. The zero-order valence-corrected chi connectivity index (χ0v) is 8.44. The Kier molecular flexibility index (Phi) is 4.86. The number of aliphatic hydroxyl groups excluding tert-OH is 1. The molecule has 0 aromatic carbocycles. The van der Waals surface area contributed by atoms with E-state index in [4.69, 9.17) is 14.6 Å². The van der Waals surface area contributed by atoms with Gasteiger partial charge in [0, 0.05) is 26.6 Å². The van der Waals surface area contributed by atoms with Crippen molar-refractivity contribution in [2.45, 2.75) is 18.9 Å². The molecule has 1 N–H and O–H groups in total. The lowest BCUT2D eigenvalue weighted by Gasteiger charge is -2.31. The highest BCUT2D eigenvalue weighted by Gasteiger charge is 2.25. The molecule has 1 aliphatic heterocycles. The van der Waals surface area contributed by atoms with E-state index in [9.17, 15) is 4.79 Å². The second-order valence-corrected chi connectivity index (χ2v) is 3.30. The van der Waals surface area contributed by atoms with Crippen LogP contribution in [-0.4, -0.2) is 55.6 Å². The van der Waals surface area contributed by atoms with Gasteiger partial charge in [-0.2, -0.15) is 0 Å². The largest absolute Gasteiger partial charge is 0.395 e. The minimum atomic E-state index is 0.00272. The number of rotatable bonds is 5. The van der Waals surface area contributed by atoms with Crippen LogP contribution in [0.5, 0.6) is 0 Å². The predicted octanol–water partition coefficient (Wildman–Crippen LogP) is -0.410. The fourth-order valence-corrected chi connectivity index (χ4v) is 1.52. The van der Waals surface area contributed by atoms with E-state index in [1.54, 1.807) is 12.0 Å². The number of piperidine rings is 1. The summed E-state index contributed by atoms with van der Waals surface area (Å²) in [5, 5.41) is 8.74. The van der Waals surface area contributed by atoms with E-state index in [1.807, 2.05) is 0 Å². The Labute approximate surface area is 83.6 Å². The monoisotopic (exact) mass is 203 g/mol. The summed E-state index contributed by atoms with van der Waals surface area (Å²) < 4.78 is 10.2. The van der Waals surface area contributed by atoms with E-state index in [0.29, 0.717) is 19.5 Å². The van der Waals surface area contributed by atoms with Crippen LogP contribution in [0.1, 0.15) is 12.8 Å². The van der Waals surface area contributed by atoms with Crippen LogP contribution in [0.4, 0.5) is 0 Å². The van der Waals surface area contributed by atoms with Gasteiger partial charge < -0.3 is 19.5 Å². The molecular weight excluding hydrogens is 186 g/mol. The molecule has 5 heteroatoms. The van der Waals surface area contributed by atoms with Crippen LogP contribution in [0.25, 0.3) is 0 Å². The molecule has 0 aliphatic carbocycles. The smallest absolute Gasteiger partial charge is 0.222 e. The molecule has 0 spiro atoms. The number of amides is 1. The molecule has 1 atom stereocenters. The third kappa shape index (κ3) is 3.25. The van der Waals surface area contributed by atoms with Crippen molar-refractivity contribution in [2.24, 2.45) is 0 Å². The fraction of sp³-hybridized carbons (Fsp3) is 0.889. The number of likely N-dealkylation sites (tertiary alicyclic amines) is 1. The summed E-state index contributed by atoms with van der Waals surface area (Å²) in [7, 11) is 1.57. The lowest BCUT2D eigenvalue weighted by atomic mass is 10.1. The Morgan fingerprint density at radius 1 is 1.64 bits per heavy atom. The molecule has 0 aromatic heterocycles. The summed E-state index contributed by atoms with van der Waals surface area (Å²) in [6.07, 6.45) is 1.28. The SMILES string of the molecule is COCOC1CCC(=O)N(CCO)C1. The third-order valence-corrected chi connectivity index (χ3v) is 2.25. The van der Waals surface area contributed by atoms with Crippen molar-refractivity contribution in [2.75, 3.05) is 33.6 Å².